The molecule has 8 heteroatoms. The van der Waals surface area contributed by atoms with Crippen LogP contribution in [0.5, 0.6) is 0 Å². The first kappa shape index (κ1) is 13.8. The quantitative estimate of drug-likeness (QED) is 0.462. The molecule has 0 aliphatic carbocycles. The van der Waals surface area contributed by atoms with Gasteiger partial charge in [-0.05, 0) is 13.2 Å². The minimum atomic E-state index is 0.450. The summed E-state index contributed by atoms with van der Waals surface area (Å²) in [6, 6.07) is 0. The number of hydrogen-bond donors (Lipinski definition) is 1. The molecule has 102 valence electrons. The monoisotopic (exact) mass is 281 g/mol. The molecule has 0 amide bonds. The van der Waals surface area contributed by atoms with E-state index >= 15 is 0 Å². The van der Waals surface area contributed by atoms with E-state index in [1.807, 2.05) is 13.2 Å². The van der Waals surface area contributed by atoms with E-state index in [-0.39, 0.29) is 0 Å². The Morgan fingerprint density at radius 2 is 2.37 bits per heavy atom. The van der Waals surface area contributed by atoms with Gasteiger partial charge in [0.2, 0.25) is 5.95 Å². The van der Waals surface area contributed by atoms with Crippen LogP contribution in [0.4, 0.5) is 5.95 Å². The van der Waals surface area contributed by atoms with Gasteiger partial charge in [-0.25, -0.2) is 4.98 Å². The molecular weight excluding hydrogens is 266 g/mol. The van der Waals surface area contributed by atoms with Crippen molar-refractivity contribution >= 4 is 29.6 Å². The average molecular weight is 281 g/mol. The normalized spacial score (nSPS) is 10.8. The van der Waals surface area contributed by atoms with Gasteiger partial charge in [0.15, 0.2) is 17.1 Å². The van der Waals surface area contributed by atoms with Crippen LogP contribution in [0.25, 0.3) is 5.65 Å². The van der Waals surface area contributed by atoms with Gasteiger partial charge in [0.1, 0.15) is 0 Å². The molecule has 0 aliphatic rings. The van der Waals surface area contributed by atoms with E-state index in [0.717, 1.165) is 6.29 Å². The maximum Gasteiger partial charge on any atom is 0.228 e. The van der Waals surface area contributed by atoms with Gasteiger partial charge in [0, 0.05) is 13.2 Å². The summed E-state index contributed by atoms with van der Waals surface area (Å²) in [4.78, 5) is 19.5. The highest BCUT2D eigenvalue weighted by Crippen LogP contribution is 2.16. The Labute approximate surface area is 114 Å². The molecule has 7 nitrogen and oxygen atoms in total. The van der Waals surface area contributed by atoms with Gasteiger partial charge in [-0.1, -0.05) is 11.8 Å². The highest BCUT2D eigenvalue weighted by Gasteiger charge is 2.11. The summed E-state index contributed by atoms with van der Waals surface area (Å²) in [5.74, 6) is 0.558. The predicted octanol–water partition coefficient (Wildman–Crippen LogP) is 1.11. The standard InChI is InChI=1S/C11H15N5O2S/c1-3-18-5-4-12-10-15-11(19-2)14-9-8(7-17)6-13-16(9)10/h6-7H,3-5H2,1-2H3,(H,12,14,15). The number of nitrogens with one attached hydrogen (secondary N) is 1. The Morgan fingerprint density at radius 1 is 1.53 bits per heavy atom. The number of fused-ring (bicyclic) bond motifs is 1. The Hall–Kier alpha value is -1.67. The van der Waals surface area contributed by atoms with Crippen molar-refractivity contribution in [1.29, 1.82) is 0 Å². The number of rotatable bonds is 7. The predicted molar refractivity (Wildman–Crippen MR) is 72.9 cm³/mol. The fourth-order valence-electron chi connectivity index (χ4n) is 1.54. The summed E-state index contributed by atoms with van der Waals surface area (Å²) in [6.07, 6.45) is 4.10. The van der Waals surface area contributed by atoms with Crippen molar-refractivity contribution in [3.05, 3.63) is 11.8 Å². The molecule has 1 N–H and O–H groups in total. The van der Waals surface area contributed by atoms with E-state index in [1.54, 1.807) is 0 Å². The molecule has 0 radical (unpaired) electrons. The zero-order chi connectivity index (χ0) is 13.7. The number of carbonyl (C=O) groups is 1. The minimum absolute atomic E-state index is 0.450. The summed E-state index contributed by atoms with van der Waals surface area (Å²) < 4.78 is 6.78. The minimum Gasteiger partial charge on any atom is -0.380 e. The summed E-state index contributed by atoms with van der Waals surface area (Å²) in [6.45, 7) is 3.81. The fourth-order valence-corrected chi connectivity index (χ4v) is 1.90. The topological polar surface area (TPSA) is 81.4 Å². The SMILES string of the molecule is CCOCCNc1nc(SC)nc2c(C=O)cnn12. The van der Waals surface area contributed by atoms with Gasteiger partial charge in [0.05, 0.1) is 18.4 Å². The number of carbonyl (C=O) groups excluding carboxylic acids is 1. The number of ether oxygens (including phenoxy) is 1. The van der Waals surface area contributed by atoms with E-state index in [4.69, 9.17) is 4.74 Å². The van der Waals surface area contributed by atoms with Crippen LogP contribution in [0.1, 0.15) is 17.3 Å². The van der Waals surface area contributed by atoms with Crippen LogP contribution >= 0.6 is 11.8 Å². The smallest absolute Gasteiger partial charge is 0.228 e. The van der Waals surface area contributed by atoms with Crippen molar-refractivity contribution < 1.29 is 9.53 Å². The van der Waals surface area contributed by atoms with E-state index in [9.17, 15) is 4.79 Å². The van der Waals surface area contributed by atoms with Crippen molar-refractivity contribution in [2.75, 3.05) is 31.3 Å². The second-order valence-electron chi connectivity index (χ2n) is 3.61. The Bertz CT molecular complexity index is 571. The lowest BCUT2D eigenvalue weighted by molar-refractivity contribution is 0.112. The van der Waals surface area contributed by atoms with Gasteiger partial charge < -0.3 is 10.1 Å². The van der Waals surface area contributed by atoms with Crippen LogP contribution in [0, 0.1) is 0 Å². The van der Waals surface area contributed by atoms with Crippen molar-refractivity contribution in [2.45, 2.75) is 12.1 Å². The van der Waals surface area contributed by atoms with E-state index in [1.165, 1.54) is 22.5 Å². The molecule has 0 fully saturated rings. The first-order valence-corrected chi connectivity index (χ1v) is 7.09. The second-order valence-corrected chi connectivity index (χ2v) is 4.38. The maximum absolute atomic E-state index is 10.9. The van der Waals surface area contributed by atoms with Crippen molar-refractivity contribution in [2.24, 2.45) is 0 Å². The van der Waals surface area contributed by atoms with Crippen molar-refractivity contribution in [3.63, 3.8) is 0 Å². The van der Waals surface area contributed by atoms with E-state index in [2.05, 4.69) is 20.4 Å². The first-order chi connectivity index (χ1) is 9.30. The van der Waals surface area contributed by atoms with Gasteiger partial charge >= 0.3 is 0 Å². The molecular formula is C11H15N5O2S. The Morgan fingerprint density at radius 3 is 3.05 bits per heavy atom. The summed E-state index contributed by atoms with van der Waals surface area (Å²) in [5, 5.41) is 7.83. The van der Waals surface area contributed by atoms with Crippen LogP contribution in [0.3, 0.4) is 0 Å². The number of thioether (sulfide) groups is 1. The van der Waals surface area contributed by atoms with Gasteiger partial charge in [-0.2, -0.15) is 14.6 Å². The highest BCUT2D eigenvalue weighted by atomic mass is 32.2. The van der Waals surface area contributed by atoms with Gasteiger partial charge in [-0.3, -0.25) is 4.79 Å². The zero-order valence-electron chi connectivity index (χ0n) is 10.8. The van der Waals surface area contributed by atoms with Crippen LogP contribution in [-0.4, -0.2) is 51.9 Å². The summed E-state index contributed by atoms with van der Waals surface area (Å²) in [7, 11) is 0. The molecule has 0 bridgehead atoms. The maximum atomic E-state index is 10.9. The average Bonchev–Trinajstić information content (AvgIpc) is 2.86. The third-order valence-corrected chi connectivity index (χ3v) is 2.97. The molecule has 0 saturated heterocycles. The van der Waals surface area contributed by atoms with Gasteiger partial charge in [-0.15, -0.1) is 0 Å². The Kier molecular flexibility index (Phi) is 4.69. The molecule has 2 aromatic heterocycles. The number of aldehydes is 1. The van der Waals surface area contributed by atoms with E-state index < -0.39 is 0 Å². The molecule has 2 rings (SSSR count). The molecule has 0 unspecified atom stereocenters. The van der Waals surface area contributed by atoms with Crippen LogP contribution in [-0.2, 0) is 4.74 Å². The second kappa shape index (κ2) is 6.48. The largest absolute Gasteiger partial charge is 0.380 e. The Balaban J connectivity index is 2.30. The molecule has 19 heavy (non-hydrogen) atoms. The van der Waals surface area contributed by atoms with Crippen molar-refractivity contribution in [3.8, 4) is 0 Å². The molecule has 2 aromatic rings. The third-order valence-electron chi connectivity index (χ3n) is 2.42. The van der Waals surface area contributed by atoms with Crippen LogP contribution < -0.4 is 5.32 Å². The van der Waals surface area contributed by atoms with E-state index in [0.29, 0.717) is 42.1 Å². The number of hydrogen-bond acceptors (Lipinski definition) is 7. The number of anilines is 1. The first-order valence-electron chi connectivity index (χ1n) is 5.86. The fraction of sp³-hybridized carbons (Fsp3) is 0.455. The molecule has 0 aromatic carbocycles. The van der Waals surface area contributed by atoms with Crippen molar-refractivity contribution in [1.82, 2.24) is 19.6 Å². The lowest BCUT2D eigenvalue weighted by atomic mass is 10.4. The number of nitrogens with zero attached hydrogens (tertiary/aromatic N) is 4. The summed E-state index contributed by atoms with van der Waals surface area (Å²) >= 11 is 1.41. The highest BCUT2D eigenvalue weighted by molar-refractivity contribution is 7.98. The molecule has 0 saturated carbocycles. The van der Waals surface area contributed by atoms with Crippen LogP contribution in [0.15, 0.2) is 11.4 Å². The molecule has 0 aliphatic heterocycles. The molecule has 0 spiro atoms. The summed E-state index contributed by atoms with van der Waals surface area (Å²) in [5.41, 5.74) is 0.957. The lowest BCUT2D eigenvalue weighted by Crippen LogP contribution is -2.14. The molecule has 2 heterocycles. The lowest BCUT2D eigenvalue weighted by Gasteiger charge is -2.08. The molecule has 0 atom stereocenters. The third kappa shape index (κ3) is 3.02. The zero-order valence-corrected chi connectivity index (χ0v) is 11.6. The van der Waals surface area contributed by atoms with Gasteiger partial charge in [0.25, 0.3) is 0 Å². The van der Waals surface area contributed by atoms with Crippen LogP contribution in [0.2, 0.25) is 0 Å². The number of aromatic nitrogens is 4.